The van der Waals surface area contributed by atoms with Gasteiger partial charge < -0.3 is 10.6 Å². The predicted octanol–water partition coefficient (Wildman–Crippen LogP) is 1.64. The van der Waals surface area contributed by atoms with Gasteiger partial charge in [0.25, 0.3) is 5.56 Å². The number of nitrogens with two attached hydrogens (primary N) is 1. The van der Waals surface area contributed by atoms with E-state index in [1.807, 2.05) is 0 Å². The molecular formula is C16H17F3N4O2. The van der Waals surface area contributed by atoms with Crippen LogP contribution in [0, 0.1) is 0 Å². The normalized spacial score (nSPS) is 17.9. The van der Waals surface area contributed by atoms with Crippen molar-refractivity contribution >= 4 is 11.6 Å². The van der Waals surface area contributed by atoms with Gasteiger partial charge in [-0.25, -0.2) is 4.68 Å². The summed E-state index contributed by atoms with van der Waals surface area (Å²) in [6, 6.07) is 8.81. The highest BCUT2D eigenvalue weighted by Crippen LogP contribution is 2.32. The molecule has 0 radical (unpaired) electrons. The quantitative estimate of drug-likeness (QED) is 0.891. The van der Waals surface area contributed by atoms with Gasteiger partial charge in [-0.3, -0.25) is 14.3 Å². The molecule has 1 aromatic heterocycles. The molecule has 2 heterocycles. The Morgan fingerprint density at radius 1 is 1.24 bits per heavy atom. The molecular weight excluding hydrogens is 337 g/mol. The topological polar surface area (TPSA) is 73.3 Å². The van der Waals surface area contributed by atoms with Crippen LogP contribution in [-0.2, 0) is 11.8 Å². The molecule has 1 aliphatic rings. The first-order valence-electron chi connectivity index (χ1n) is 7.70. The van der Waals surface area contributed by atoms with Gasteiger partial charge >= 0.3 is 12.1 Å². The molecule has 3 rings (SSSR count). The molecule has 134 valence electrons. The number of rotatable bonds is 2. The number of nitrogen functional groups attached to an aromatic ring is 1. The highest BCUT2D eigenvalue weighted by atomic mass is 19.4. The average Bonchev–Trinajstić information content (AvgIpc) is 3.11. The molecule has 1 aliphatic heterocycles. The molecule has 9 heteroatoms. The standard InChI is InChI=1S/C16H17F3N4O2/c1-21-13(10-7-8-22(9-10)15(25)16(17,18)19)12(20)14(24)23(21)11-5-3-2-4-6-11/h2-6,10H,7-9,20H2,1H3. The zero-order valence-corrected chi connectivity index (χ0v) is 13.5. The second kappa shape index (κ2) is 5.98. The van der Waals surface area contributed by atoms with E-state index in [0.717, 1.165) is 4.90 Å². The predicted molar refractivity (Wildman–Crippen MR) is 85.4 cm³/mol. The van der Waals surface area contributed by atoms with Gasteiger partial charge in [0.05, 0.1) is 11.4 Å². The van der Waals surface area contributed by atoms with Crippen LogP contribution < -0.4 is 11.3 Å². The Bertz CT molecular complexity index is 855. The van der Waals surface area contributed by atoms with Crippen LogP contribution in [0.2, 0.25) is 0 Å². The number of carbonyl (C=O) groups excluding carboxylic acids is 1. The number of alkyl halides is 3. The fourth-order valence-corrected chi connectivity index (χ4v) is 3.33. The largest absolute Gasteiger partial charge is 0.471 e. The first kappa shape index (κ1) is 17.1. The highest BCUT2D eigenvalue weighted by Gasteiger charge is 2.45. The second-order valence-electron chi connectivity index (χ2n) is 6.01. The Morgan fingerprint density at radius 3 is 2.48 bits per heavy atom. The van der Waals surface area contributed by atoms with Gasteiger partial charge in [0.15, 0.2) is 0 Å². The lowest BCUT2D eigenvalue weighted by Crippen LogP contribution is -2.39. The van der Waals surface area contributed by atoms with Crippen LogP contribution in [0.4, 0.5) is 18.9 Å². The molecule has 6 nitrogen and oxygen atoms in total. The Hall–Kier alpha value is -2.71. The minimum absolute atomic E-state index is 0.00217. The van der Waals surface area contributed by atoms with Crippen LogP contribution >= 0.6 is 0 Å². The van der Waals surface area contributed by atoms with E-state index in [0.29, 0.717) is 17.8 Å². The Morgan fingerprint density at radius 2 is 1.88 bits per heavy atom. The summed E-state index contributed by atoms with van der Waals surface area (Å²) in [4.78, 5) is 24.7. The lowest BCUT2D eigenvalue weighted by molar-refractivity contribution is -0.184. The van der Waals surface area contributed by atoms with Crippen LogP contribution in [-0.4, -0.2) is 39.4 Å². The van der Waals surface area contributed by atoms with Crippen molar-refractivity contribution in [2.75, 3.05) is 18.8 Å². The number of hydrogen-bond acceptors (Lipinski definition) is 3. The summed E-state index contributed by atoms with van der Waals surface area (Å²) in [5.74, 6) is -2.28. The molecule has 0 aliphatic carbocycles. The van der Waals surface area contributed by atoms with Crippen LogP contribution in [0.15, 0.2) is 35.1 Å². The van der Waals surface area contributed by atoms with Crippen molar-refractivity contribution < 1.29 is 18.0 Å². The molecule has 1 amide bonds. The maximum Gasteiger partial charge on any atom is 0.471 e. The lowest BCUT2D eigenvalue weighted by Gasteiger charge is -2.18. The van der Waals surface area contributed by atoms with Gasteiger partial charge in [0, 0.05) is 26.1 Å². The van der Waals surface area contributed by atoms with E-state index < -0.39 is 23.6 Å². The Labute approximate surface area is 141 Å². The number of nitrogens with zero attached hydrogens (tertiary/aromatic N) is 3. The third-order valence-corrected chi connectivity index (χ3v) is 4.45. The van der Waals surface area contributed by atoms with Gasteiger partial charge in [-0.2, -0.15) is 13.2 Å². The molecule has 0 saturated carbocycles. The summed E-state index contributed by atoms with van der Waals surface area (Å²) in [5.41, 5.74) is 6.58. The fourth-order valence-electron chi connectivity index (χ4n) is 3.33. The van der Waals surface area contributed by atoms with E-state index in [1.54, 1.807) is 42.1 Å². The van der Waals surface area contributed by atoms with Crippen molar-refractivity contribution in [3.05, 3.63) is 46.4 Å². The summed E-state index contributed by atoms with van der Waals surface area (Å²) in [7, 11) is 1.63. The van der Waals surface area contributed by atoms with Crippen molar-refractivity contribution in [3.8, 4) is 5.69 Å². The lowest BCUT2D eigenvalue weighted by atomic mass is 10.0. The molecule has 1 atom stereocenters. The van der Waals surface area contributed by atoms with Gasteiger partial charge in [-0.1, -0.05) is 18.2 Å². The van der Waals surface area contributed by atoms with E-state index in [2.05, 4.69) is 0 Å². The number of anilines is 1. The van der Waals surface area contributed by atoms with Crippen molar-refractivity contribution in [1.82, 2.24) is 14.3 Å². The van der Waals surface area contributed by atoms with Crippen LogP contribution in [0.1, 0.15) is 18.0 Å². The first-order valence-corrected chi connectivity index (χ1v) is 7.70. The third kappa shape index (κ3) is 2.90. The van der Waals surface area contributed by atoms with Gasteiger partial charge in [0.2, 0.25) is 0 Å². The molecule has 2 aromatic rings. The van der Waals surface area contributed by atoms with E-state index in [-0.39, 0.29) is 18.8 Å². The molecule has 1 unspecified atom stereocenters. The van der Waals surface area contributed by atoms with Crippen LogP contribution in [0.5, 0.6) is 0 Å². The third-order valence-electron chi connectivity index (χ3n) is 4.45. The van der Waals surface area contributed by atoms with Gasteiger partial charge in [0.1, 0.15) is 5.69 Å². The summed E-state index contributed by atoms with van der Waals surface area (Å²) < 4.78 is 40.7. The van der Waals surface area contributed by atoms with Crippen LogP contribution in [0.25, 0.3) is 5.69 Å². The van der Waals surface area contributed by atoms with Crippen molar-refractivity contribution in [3.63, 3.8) is 0 Å². The van der Waals surface area contributed by atoms with E-state index in [4.69, 9.17) is 5.73 Å². The van der Waals surface area contributed by atoms with E-state index in [1.165, 1.54) is 4.68 Å². The molecule has 0 bridgehead atoms. The number of aromatic nitrogens is 2. The SMILES string of the molecule is Cn1c(C2CCN(C(=O)C(F)(F)F)C2)c(N)c(=O)n1-c1ccccc1. The minimum atomic E-state index is -4.90. The van der Waals surface area contributed by atoms with Crippen molar-refractivity contribution in [2.24, 2.45) is 7.05 Å². The zero-order valence-electron chi connectivity index (χ0n) is 13.5. The number of para-hydroxylation sites is 1. The number of amides is 1. The summed E-state index contributed by atoms with van der Waals surface area (Å²) >= 11 is 0. The van der Waals surface area contributed by atoms with E-state index in [9.17, 15) is 22.8 Å². The maximum absolute atomic E-state index is 12.6. The molecule has 25 heavy (non-hydrogen) atoms. The number of benzene rings is 1. The molecule has 2 N–H and O–H groups in total. The fraction of sp³-hybridized carbons (Fsp3) is 0.375. The van der Waals surface area contributed by atoms with Gasteiger partial charge in [-0.05, 0) is 18.6 Å². The maximum atomic E-state index is 12.6. The molecule has 0 spiro atoms. The summed E-state index contributed by atoms with van der Waals surface area (Å²) in [5, 5.41) is 0. The van der Waals surface area contributed by atoms with Gasteiger partial charge in [-0.15, -0.1) is 0 Å². The molecule has 1 fully saturated rings. The van der Waals surface area contributed by atoms with E-state index >= 15 is 0 Å². The minimum Gasteiger partial charge on any atom is -0.393 e. The summed E-state index contributed by atoms with van der Waals surface area (Å²) in [6.45, 7) is -0.137. The number of hydrogen-bond donors (Lipinski definition) is 1. The number of halogens is 3. The first-order chi connectivity index (χ1) is 11.7. The zero-order chi connectivity index (χ0) is 18.4. The van der Waals surface area contributed by atoms with Crippen molar-refractivity contribution in [2.45, 2.75) is 18.5 Å². The highest BCUT2D eigenvalue weighted by molar-refractivity contribution is 5.82. The molecule has 1 saturated heterocycles. The number of likely N-dealkylation sites (tertiary alicyclic amines) is 1. The second-order valence-corrected chi connectivity index (χ2v) is 6.01. The van der Waals surface area contributed by atoms with Crippen LogP contribution in [0.3, 0.4) is 0 Å². The monoisotopic (exact) mass is 354 g/mol. The Balaban J connectivity index is 1.95. The number of carbonyl (C=O) groups is 1. The Kier molecular flexibility index (Phi) is 4.09. The molecule has 1 aromatic carbocycles. The van der Waals surface area contributed by atoms with Crippen molar-refractivity contribution in [1.29, 1.82) is 0 Å². The summed E-state index contributed by atoms with van der Waals surface area (Å²) in [6.07, 6.45) is -4.58. The smallest absolute Gasteiger partial charge is 0.393 e. The average molecular weight is 354 g/mol.